The van der Waals surface area contributed by atoms with Crippen LogP contribution in [-0.2, 0) is 11.3 Å². The van der Waals surface area contributed by atoms with Crippen LogP contribution in [-0.4, -0.2) is 18.4 Å². The normalized spacial score (nSPS) is 12.3. The van der Waals surface area contributed by atoms with Crippen molar-refractivity contribution in [3.05, 3.63) is 54.5 Å². The zero-order chi connectivity index (χ0) is 12.6. The molecule has 0 radical (unpaired) electrons. The smallest absolute Gasteiger partial charge is 0.129 e. The largest absolute Gasteiger partial charge is 0.467 e. The zero-order valence-electron chi connectivity index (χ0n) is 10.1. The third-order valence-electron chi connectivity index (χ3n) is 2.45. The van der Waals surface area contributed by atoms with Crippen molar-refractivity contribution in [2.45, 2.75) is 11.9 Å². The fraction of sp³-hybridized carbons (Fsp3) is 0.286. The number of nitrogens with one attached hydrogen (secondary N) is 1. The predicted molar refractivity (Wildman–Crippen MR) is 76.1 cm³/mol. The third-order valence-corrected chi connectivity index (χ3v) is 2.78. The van der Waals surface area contributed by atoms with Gasteiger partial charge in [-0.3, -0.25) is 0 Å². The maximum absolute atomic E-state index is 5.52. The van der Waals surface area contributed by atoms with Crippen LogP contribution in [0.5, 0.6) is 0 Å². The van der Waals surface area contributed by atoms with E-state index in [0.717, 1.165) is 18.0 Å². The second kappa shape index (κ2) is 7.13. The molecule has 0 aliphatic heterocycles. The lowest BCUT2D eigenvalue weighted by atomic mass is 10.3. The number of benzene rings is 1. The lowest BCUT2D eigenvalue weighted by Gasteiger charge is -2.12. The van der Waals surface area contributed by atoms with Gasteiger partial charge >= 0.3 is 0 Å². The molecule has 4 heteroatoms. The standard InChI is InChI=1S/C14H17NO2S/c18-14(9-15-12-5-2-1-3-6-12)11-16-10-13-7-4-8-17-13/h1-8,14-15,18H,9-11H2. The van der Waals surface area contributed by atoms with Crippen LogP contribution in [0.2, 0.25) is 0 Å². The van der Waals surface area contributed by atoms with Gasteiger partial charge < -0.3 is 14.5 Å². The van der Waals surface area contributed by atoms with Crippen LogP contribution in [0.15, 0.2) is 53.1 Å². The van der Waals surface area contributed by atoms with Crippen LogP contribution in [0.4, 0.5) is 5.69 Å². The van der Waals surface area contributed by atoms with Crippen LogP contribution in [0.1, 0.15) is 5.76 Å². The zero-order valence-corrected chi connectivity index (χ0v) is 11.0. The van der Waals surface area contributed by atoms with E-state index in [9.17, 15) is 0 Å². The number of rotatable bonds is 7. The minimum Gasteiger partial charge on any atom is -0.467 e. The summed E-state index contributed by atoms with van der Waals surface area (Å²) in [5, 5.41) is 3.46. The average molecular weight is 263 g/mol. The highest BCUT2D eigenvalue weighted by Gasteiger charge is 2.04. The Hall–Kier alpha value is -1.39. The molecule has 0 aliphatic carbocycles. The average Bonchev–Trinajstić information content (AvgIpc) is 2.91. The molecule has 0 bridgehead atoms. The van der Waals surface area contributed by atoms with Crippen LogP contribution < -0.4 is 5.32 Å². The van der Waals surface area contributed by atoms with Gasteiger partial charge in [-0.2, -0.15) is 12.6 Å². The molecule has 0 amide bonds. The number of hydrogen-bond acceptors (Lipinski definition) is 4. The van der Waals surface area contributed by atoms with Crippen molar-refractivity contribution in [1.82, 2.24) is 0 Å². The van der Waals surface area contributed by atoms with Crippen molar-refractivity contribution in [2.24, 2.45) is 0 Å². The summed E-state index contributed by atoms with van der Waals surface area (Å²) in [6.07, 6.45) is 1.65. The summed E-state index contributed by atoms with van der Waals surface area (Å²) in [5.74, 6) is 0.839. The molecule has 0 spiro atoms. The van der Waals surface area contributed by atoms with Crippen molar-refractivity contribution in [1.29, 1.82) is 0 Å². The van der Waals surface area contributed by atoms with Crippen LogP contribution >= 0.6 is 12.6 Å². The topological polar surface area (TPSA) is 34.4 Å². The van der Waals surface area contributed by atoms with E-state index in [0.29, 0.717) is 13.2 Å². The first kappa shape index (κ1) is 13.1. The first-order valence-corrected chi connectivity index (χ1v) is 6.43. The Morgan fingerprint density at radius 3 is 2.72 bits per heavy atom. The Balaban J connectivity index is 1.62. The van der Waals surface area contributed by atoms with Gasteiger partial charge in [0.15, 0.2) is 0 Å². The first-order valence-electron chi connectivity index (χ1n) is 5.92. The molecule has 1 aromatic carbocycles. The Morgan fingerprint density at radius 2 is 2.00 bits per heavy atom. The summed E-state index contributed by atoms with van der Waals surface area (Å²) in [7, 11) is 0. The van der Waals surface area contributed by atoms with E-state index in [1.54, 1.807) is 6.26 Å². The Morgan fingerprint density at radius 1 is 1.17 bits per heavy atom. The molecule has 0 saturated heterocycles. The maximum Gasteiger partial charge on any atom is 0.129 e. The van der Waals surface area contributed by atoms with Gasteiger partial charge in [0, 0.05) is 17.5 Å². The molecule has 2 rings (SSSR count). The number of para-hydroxylation sites is 1. The van der Waals surface area contributed by atoms with E-state index in [4.69, 9.17) is 9.15 Å². The van der Waals surface area contributed by atoms with Crippen LogP contribution in [0.3, 0.4) is 0 Å². The van der Waals surface area contributed by atoms with Gasteiger partial charge in [0.05, 0.1) is 12.9 Å². The third kappa shape index (κ3) is 4.47. The van der Waals surface area contributed by atoms with E-state index >= 15 is 0 Å². The van der Waals surface area contributed by atoms with Gasteiger partial charge in [0.25, 0.3) is 0 Å². The summed E-state index contributed by atoms with van der Waals surface area (Å²) in [6.45, 7) is 1.85. The SMILES string of the molecule is SC(CNc1ccccc1)COCc1ccco1. The molecular formula is C14H17NO2S. The van der Waals surface area contributed by atoms with Crippen molar-refractivity contribution in [3.8, 4) is 0 Å². The van der Waals surface area contributed by atoms with E-state index in [-0.39, 0.29) is 5.25 Å². The summed E-state index contributed by atoms with van der Waals surface area (Å²) in [4.78, 5) is 0. The van der Waals surface area contributed by atoms with Crippen molar-refractivity contribution >= 4 is 18.3 Å². The number of furan rings is 1. The van der Waals surface area contributed by atoms with Gasteiger partial charge in [-0.15, -0.1) is 0 Å². The molecule has 1 atom stereocenters. The lowest BCUT2D eigenvalue weighted by molar-refractivity contribution is 0.109. The molecule has 1 N–H and O–H groups in total. The summed E-state index contributed by atoms with van der Waals surface area (Å²) < 4.78 is 10.7. The Bertz CT molecular complexity index is 430. The molecule has 96 valence electrons. The summed E-state index contributed by atoms with van der Waals surface area (Å²) in [6, 6.07) is 13.8. The van der Waals surface area contributed by atoms with Gasteiger partial charge in [-0.25, -0.2) is 0 Å². The first-order chi connectivity index (χ1) is 8.84. The predicted octanol–water partition coefficient (Wildman–Crippen LogP) is 3.21. The Kier molecular flexibility index (Phi) is 5.17. The highest BCUT2D eigenvalue weighted by atomic mass is 32.1. The molecule has 1 aromatic heterocycles. The van der Waals surface area contributed by atoms with Crippen molar-refractivity contribution < 1.29 is 9.15 Å². The monoisotopic (exact) mass is 263 g/mol. The highest BCUT2D eigenvalue weighted by molar-refractivity contribution is 7.81. The molecule has 3 nitrogen and oxygen atoms in total. The van der Waals surface area contributed by atoms with E-state index in [1.807, 2.05) is 42.5 Å². The fourth-order valence-electron chi connectivity index (χ4n) is 1.54. The van der Waals surface area contributed by atoms with Crippen LogP contribution in [0, 0.1) is 0 Å². The second-order valence-corrected chi connectivity index (χ2v) is 4.73. The fourth-order valence-corrected chi connectivity index (χ4v) is 1.74. The van der Waals surface area contributed by atoms with Gasteiger partial charge in [0.2, 0.25) is 0 Å². The second-order valence-electron chi connectivity index (χ2n) is 4.00. The number of thiol groups is 1. The van der Waals surface area contributed by atoms with Gasteiger partial charge in [-0.1, -0.05) is 18.2 Å². The van der Waals surface area contributed by atoms with E-state index in [1.165, 1.54) is 0 Å². The molecule has 1 heterocycles. The number of ether oxygens (including phenoxy) is 1. The minimum absolute atomic E-state index is 0.153. The minimum atomic E-state index is 0.153. The molecule has 18 heavy (non-hydrogen) atoms. The quantitative estimate of drug-likeness (QED) is 0.753. The molecule has 2 aromatic rings. The molecule has 1 unspecified atom stereocenters. The highest BCUT2D eigenvalue weighted by Crippen LogP contribution is 2.07. The molecule has 0 aliphatic rings. The molecule has 0 fully saturated rings. The summed E-state index contributed by atoms with van der Waals surface area (Å²) in [5.41, 5.74) is 1.10. The number of hydrogen-bond donors (Lipinski definition) is 2. The van der Waals surface area contributed by atoms with E-state index < -0.39 is 0 Å². The lowest BCUT2D eigenvalue weighted by Crippen LogP contribution is -2.19. The Labute approximate surface area is 113 Å². The van der Waals surface area contributed by atoms with Crippen molar-refractivity contribution in [2.75, 3.05) is 18.5 Å². The number of anilines is 1. The maximum atomic E-state index is 5.52. The van der Waals surface area contributed by atoms with Gasteiger partial charge in [0.1, 0.15) is 12.4 Å². The van der Waals surface area contributed by atoms with Gasteiger partial charge in [-0.05, 0) is 24.3 Å². The summed E-state index contributed by atoms with van der Waals surface area (Å²) >= 11 is 4.47. The molecule has 0 saturated carbocycles. The molecular weight excluding hydrogens is 246 g/mol. The van der Waals surface area contributed by atoms with E-state index in [2.05, 4.69) is 17.9 Å². The van der Waals surface area contributed by atoms with Crippen molar-refractivity contribution in [3.63, 3.8) is 0 Å². The van der Waals surface area contributed by atoms with Crippen LogP contribution in [0.25, 0.3) is 0 Å².